The Morgan fingerprint density at radius 2 is 1.54 bits per heavy atom. The van der Waals surface area contributed by atoms with E-state index in [-0.39, 0.29) is 0 Å². The fraction of sp³-hybridized carbons (Fsp3) is 1.00. The lowest BCUT2D eigenvalue weighted by Gasteiger charge is -2.41. The van der Waals surface area contributed by atoms with Gasteiger partial charge in [-0.25, -0.2) is 0 Å². The highest BCUT2D eigenvalue weighted by molar-refractivity contribution is 5.00. The third-order valence-electron chi connectivity index (χ3n) is 5.52. The lowest BCUT2D eigenvalue weighted by molar-refractivity contribution is -0.319. The molecule has 0 bridgehead atoms. The molecule has 4 rings (SSSR count). The van der Waals surface area contributed by atoms with Gasteiger partial charge < -0.3 is 48.5 Å². The van der Waals surface area contributed by atoms with Crippen LogP contribution in [0.25, 0.3) is 0 Å². The van der Waals surface area contributed by atoms with E-state index >= 15 is 0 Å². The zero-order chi connectivity index (χ0) is 20.4. The Kier molecular flexibility index (Phi) is 5.28. The van der Waals surface area contributed by atoms with Crippen LogP contribution >= 0.6 is 0 Å². The maximum atomic E-state index is 10.3. The summed E-state index contributed by atoms with van der Waals surface area (Å²) in [5.74, 6) is -1.61. The van der Waals surface area contributed by atoms with Crippen LogP contribution in [0, 0.1) is 0 Å². The van der Waals surface area contributed by atoms with E-state index in [9.17, 15) is 15.3 Å². The summed E-state index contributed by atoms with van der Waals surface area (Å²) in [6.07, 6.45) is -8.93. The van der Waals surface area contributed by atoms with E-state index < -0.39 is 73.0 Å². The quantitative estimate of drug-likeness (QED) is 0.550. The van der Waals surface area contributed by atoms with Crippen molar-refractivity contribution in [1.82, 2.24) is 0 Å². The van der Waals surface area contributed by atoms with Crippen LogP contribution in [0.3, 0.4) is 0 Å². The van der Waals surface area contributed by atoms with Crippen molar-refractivity contribution >= 4 is 0 Å². The van der Waals surface area contributed by atoms with Crippen molar-refractivity contribution in [2.75, 3.05) is 6.61 Å². The smallest absolute Gasteiger partial charge is 0.190 e. The second kappa shape index (κ2) is 7.09. The maximum absolute atomic E-state index is 10.3. The molecule has 4 heterocycles. The van der Waals surface area contributed by atoms with Gasteiger partial charge in [-0.15, -0.1) is 0 Å². The first-order valence-corrected chi connectivity index (χ1v) is 9.65. The minimum absolute atomic E-state index is 0.298. The van der Waals surface area contributed by atoms with Gasteiger partial charge in [0.25, 0.3) is 0 Å². The molecule has 4 saturated heterocycles. The Morgan fingerprint density at radius 3 is 2.18 bits per heavy atom. The summed E-state index contributed by atoms with van der Waals surface area (Å²) in [7, 11) is 0. The molecule has 0 radical (unpaired) electrons. The molecule has 10 atom stereocenters. The van der Waals surface area contributed by atoms with E-state index in [1.807, 2.05) is 13.8 Å². The first-order chi connectivity index (χ1) is 13.0. The van der Waals surface area contributed by atoms with Gasteiger partial charge in [-0.2, -0.15) is 0 Å². The minimum Gasteiger partial charge on any atom is -0.388 e. The number of rotatable bonds is 3. The van der Waals surface area contributed by atoms with Crippen molar-refractivity contribution < 1.29 is 48.5 Å². The van der Waals surface area contributed by atoms with Crippen molar-refractivity contribution in [2.24, 2.45) is 0 Å². The Hall–Kier alpha value is -0.400. The Balaban J connectivity index is 1.54. The van der Waals surface area contributed by atoms with Crippen LogP contribution in [0.5, 0.6) is 0 Å². The highest BCUT2D eigenvalue weighted by Crippen LogP contribution is 2.43. The van der Waals surface area contributed by atoms with Crippen LogP contribution in [-0.2, 0) is 33.2 Å². The van der Waals surface area contributed by atoms with Gasteiger partial charge in [-0.3, -0.25) is 0 Å². The van der Waals surface area contributed by atoms with Crippen LogP contribution in [0.1, 0.15) is 34.6 Å². The lowest BCUT2D eigenvalue weighted by atomic mass is 9.99. The number of aliphatic hydroxyl groups is 3. The molecule has 4 aliphatic rings. The minimum atomic E-state index is -1.43. The highest BCUT2D eigenvalue weighted by atomic mass is 16.9. The fourth-order valence-electron chi connectivity index (χ4n) is 4.12. The van der Waals surface area contributed by atoms with Gasteiger partial charge in [0, 0.05) is 0 Å². The maximum Gasteiger partial charge on any atom is 0.190 e. The molecule has 0 aromatic carbocycles. The number of hydrogen-bond acceptors (Lipinski definition) is 10. The van der Waals surface area contributed by atoms with Crippen molar-refractivity contribution in [3.8, 4) is 0 Å². The Labute approximate surface area is 163 Å². The normalized spacial score (nSPS) is 52.7. The molecular formula is C18H30O10. The molecule has 10 nitrogen and oxygen atoms in total. The van der Waals surface area contributed by atoms with Crippen LogP contribution in [-0.4, -0.2) is 94.9 Å². The first kappa shape index (κ1) is 20.9. The molecule has 0 aromatic rings. The number of hydrogen-bond donors (Lipinski definition) is 3. The molecule has 4 aliphatic heterocycles. The van der Waals surface area contributed by atoms with Gasteiger partial charge in [-0.1, -0.05) is 0 Å². The first-order valence-electron chi connectivity index (χ1n) is 9.65. The molecule has 10 heteroatoms. The largest absolute Gasteiger partial charge is 0.388 e. The molecule has 0 saturated carbocycles. The van der Waals surface area contributed by atoms with Crippen LogP contribution in [0.4, 0.5) is 0 Å². The van der Waals surface area contributed by atoms with Crippen molar-refractivity contribution in [2.45, 2.75) is 108 Å². The molecule has 162 valence electrons. The van der Waals surface area contributed by atoms with Crippen molar-refractivity contribution in [3.63, 3.8) is 0 Å². The second-order valence-corrected chi connectivity index (χ2v) is 8.72. The number of ether oxygens (including phenoxy) is 7. The third kappa shape index (κ3) is 3.71. The monoisotopic (exact) mass is 406 g/mol. The summed E-state index contributed by atoms with van der Waals surface area (Å²) < 4.78 is 41.0. The second-order valence-electron chi connectivity index (χ2n) is 8.72. The Morgan fingerprint density at radius 1 is 0.821 bits per heavy atom. The van der Waals surface area contributed by atoms with Crippen LogP contribution < -0.4 is 0 Å². The van der Waals surface area contributed by atoms with E-state index in [4.69, 9.17) is 33.2 Å². The average Bonchev–Trinajstić information content (AvgIpc) is 3.20. The van der Waals surface area contributed by atoms with Gasteiger partial charge in [0.15, 0.2) is 24.2 Å². The van der Waals surface area contributed by atoms with Crippen LogP contribution in [0.2, 0.25) is 0 Å². The molecule has 3 N–H and O–H groups in total. The molecule has 0 unspecified atom stereocenters. The van der Waals surface area contributed by atoms with Crippen LogP contribution in [0.15, 0.2) is 0 Å². The topological polar surface area (TPSA) is 125 Å². The van der Waals surface area contributed by atoms with Gasteiger partial charge in [0.05, 0.1) is 12.7 Å². The predicted molar refractivity (Wildman–Crippen MR) is 90.8 cm³/mol. The van der Waals surface area contributed by atoms with Crippen molar-refractivity contribution in [1.29, 1.82) is 0 Å². The molecule has 0 aromatic heterocycles. The van der Waals surface area contributed by atoms with Gasteiger partial charge in [0.1, 0.15) is 42.7 Å². The van der Waals surface area contributed by atoms with Gasteiger partial charge >= 0.3 is 0 Å². The van der Waals surface area contributed by atoms with Crippen molar-refractivity contribution in [3.05, 3.63) is 0 Å². The molecule has 0 spiro atoms. The van der Waals surface area contributed by atoms with E-state index in [1.165, 1.54) is 0 Å². The number of aliphatic hydroxyl groups excluding tert-OH is 3. The van der Waals surface area contributed by atoms with E-state index in [0.717, 1.165) is 0 Å². The fourth-order valence-corrected chi connectivity index (χ4v) is 4.12. The third-order valence-corrected chi connectivity index (χ3v) is 5.52. The summed E-state index contributed by atoms with van der Waals surface area (Å²) in [5.41, 5.74) is 0. The van der Waals surface area contributed by atoms with E-state index in [0.29, 0.717) is 6.61 Å². The van der Waals surface area contributed by atoms with Gasteiger partial charge in [0.2, 0.25) is 0 Å². The molecule has 0 amide bonds. The molecule has 0 aliphatic carbocycles. The molecule has 28 heavy (non-hydrogen) atoms. The summed E-state index contributed by atoms with van der Waals surface area (Å²) in [5, 5.41) is 30.3. The zero-order valence-electron chi connectivity index (χ0n) is 16.7. The molecule has 4 fully saturated rings. The SMILES string of the molecule is C[C@@H]1O[C@H](O[C@@H]2[C@H]3OC(C)(C)O[C@H]3O[C@@H]2[C@@H]2COC(C)(C)O2)[C@H](O)[C@H](O)[C@H]1O. The summed E-state index contributed by atoms with van der Waals surface area (Å²) in [6.45, 7) is 9.05. The van der Waals surface area contributed by atoms with E-state index in [1.54, 1.807) is 20.8 Å². The lowest BCUT2D eigenvalue weighted by Crippen LogP contribution is -2.59. The van der Waals surface area contributed by atoms with E-state index in [2.05, 4.69) is 0 Å². The summed E-state index contributed by atoms with van der Waals surface area (Å²) >= 11 is 0. The Bertz CT molecular complexity index is 583. The summed E-state index contributed by atoms with van der Waals surface area (Å²) in [6, 6.07) is 0. The average molecular weight is 406 g/mol. The highest BCUT2D eigenvalue weighted by Gasteiger charge is 2.60. The zero-order valence-corrected chi connectivity index (χ0v) is 16.7. The standard InChI is InChI=1S/C18H30O10/c1-7-9(19)10(20)11(21)15(23-7)25-13-12(8-6-22-17(2,3)26-8)24-16-14(13)27-18(4,5)28-16/h7-16,19-21H,6H2,1-5H3/t7-,8-,9-,10+,11+,12+,13-,14+,15+,16+/m0/s1. The van der Waals surface area contributed by atoms with Gasteiger partial charge in [-0.05, 0) is 34.6 Å². The predicted octanol–water partition coefficient (Wildman–Crippen LogP) is -0.773. The molecular weight excluding hydrogens is 376 g/mol. The number of fused-ring (bicyclic) bond motifs is 1. The summed E-state index contributed by atoms with van der Waals surface area (Å²) in [4.78, 5) is 0.